The summed E-state index contributed by atoms with van der Waals surface area (Å²) in [7, 11) is 0. The molecular weight excluding hydrogens is 454 g/mol. The normalized spacial score (nSPS) is 11.8. The third-order valence-electron chi connectivity index (χ3n) is 4.46. The lowest BCUT2D eigenvalue weighted by atomic mass is 10.1. The van der Waals surface area contributed by atoms with Crippen molar-refractivity contribution < 1.29 is 9.59 Å². The van der Waals surface area contributed by atoms with Crippen LogP contribution in [0.4, 0.5) is 0 Å². The molecule has 0 saturated heterocycles. The predicted octanol–water partition coefficient (Wildman–Crippen LogP) is 5.79. The molecule has 0 heterocycles. The number of nitrogens with zero attached hydrogens (tertiary/aromatic N) is 1. The monoisotopic (exact) mass is 474 g/mol. The quantitative estimate of drug-likeness (QED) is 0.525. The smallest absolute Gasteiger partial charge is 0.242 e. The summed E-state index contributed by atoms with van der Waals surface area (Å²) >= 11 is 24.6. The van der Waals surface area contributed by atoms with E-state index in [0.29, 0.717) is 38.6 Å². The average molecular weight is 476 g/mol. The SMILES string of the molecule is CCNC(=O)[C@H](CC)N(Cc1ccc(Cl)c(Cl)c1)C(=O)Cc1c(Cl)cccc1Cl. The van der Waals surface area contributed by atoms with E-state index in [1.165, 1.54) is 4.90 Å². The van der Waals surface area contributed by atoms with E-state index in [-0.39, 0.29) is 24.8 Å². The fourth-order valence-corrected chi connectivity index (χ4v) is 3.85. The molecule has 0 aliphatic heterocycles. The molecule has 2 rings (SSSR count). The first-order valence-electron chi connectivity index (χ1n) is 9.22. The maximum absolute atomic E-state index is 13.3. The second kappa shape index (κ2) is 11.1. The Labute approximate surface area is 191 Å². The molecule has 0 spiro atoms. The molecule has 0 saturated carbocycles. The number of likely N-dealkylation sites (N-methyl/N-ethyl adjacent to an activating group) is 1. The first-order valence-corrected chi connectivity index (χ1v) is 10.7. The van der Waals surface area contributed by atoms with Crippen LogP contribution in [0, 0.1) is 0 Å². The van der Waals surface area contributed by atoms with Gasteiger partial charge in [0.25, 0.3) is 0 Å². The molecule has 2 amide bonds. The van der Waals surface area contributed by atoms with E-state index in [9.17, 15) is 9.59 Å². The van der Waals surface area contributed by atoms with Gasteiger partial charge in [-0.2, -0.15) is 0 Å². The fourth-order valence-electron chi connectivity index (χ4n) is 3.00. The minimum absolute atomic E-state index is 0.0181. The zero-order chi connectivity index (χ0) is 21.6. The van der Waals surface area contributed by atoms with Crippen molar-refractivity contribution in [2.45, 2.75) is 39.3 Å². The highest BCUT2D eigenvalue weighted by molar-refractivity contribution is 6.42. The van der Waals surface area contributed by atoms with Crippen molar-refractivity contribution in [1.82, 2.24) is 10.2 Å². The predicted molar refractivity (Wildman–Crippen MR) is 120 cm³/mol. The zero-order valence-corrected chi connectivity index (χ0v) is 19.2. The lowest BCUT2D eigenvalue weighted by Crippen LogP contribution is -2.49. The molecule has 156 valence electrons. The van der Waals surface area contributed by atoms with Crippen LogP contribution in [-0.4, -0.2) is 29.3 Å². The summed E-state index contributed by atoms with van der Waals surface area (Å²) < 4.78 is 0. The van der Waals surface area contributed by atoms with Crippen LogP contribution in [0.15, 0.2) is 36.4 Å². The molecular formula is C21H22Cl4N2O2. The van der Waals surface area contributed by atoms with E-state index in [4.69, 9.17) is 46.4 Å². The Bertz CT molecular complexity index is 869. The number of hydrogen-bond acceptors (Lipinski definition) is 2. The van der Waals surface area contributed by atoms with Crippen molar-refractivity contribution >= 4 is 58.2 Å². The zero-order valence-electron chi connectivity index (χ0n) is 16.1. The summed E-state index contributed by atoms with van der Waals surface area (Å²) in [4.78, 5) is 27.4. The second-order valence-electron chi connectivity index (χ2n) is 6.47. The van der Waals surface area contributed by atoms with Crippen LogP contribution in [0.3, 0.4) is 0 Å². The van der Waals surface area contributed by atoms with Crippen molar-refractivity contribution in [2.75, 3.05) is 6.54 Å². The van der Waals surface area contributed by atoms with Crippen LogP contribution in [0.1, 0.15) is 31.4 Å². The van der Waals surface area contributed by atoms with Crippen LogP contribution in [0.2, 0.25) is 20.1 Å². The minimum atomic E-state index is -0.641. The van der Waals surface area contributed by atoms with E-state index >= 15 is 0 Å². The third-order valence-corrected chi connectivity index (χ3v) is 5.91. The molecule has 8 heteroatoms. The van der Waals surface area contributed by atoms with Crippen molar-refractivity contribution in [3.63, 3.8) is 0 Å². The second-order valence-corrected chi connectivity index (χ2v) is 8.09. The average Bonchev–Trinajstić information content (AvgIpc) is 2.67. The van der Waals surface area contributed by atoms with E-state index in [2.05, 4.69) is 5.32 Å². The highest BCUT2D eigenvalue weighted by atomic mass is 35.5. The Kier molecular flexibility index (Phi) is 9.09. The molecule has 29 heavy (non-hydrogen) atoms. The van der Waals surface area contributed by atoms with Gasteiger partial charge in [-0.3, -0.25) is 9.59 Å². The number of halogens is 4. The molecule has 2 aromatic rings. The topological polar surface area (TPSA) is 49.4 Å². The number of amides is 2. The number of nitrogens with one attached hydrogen (secondary N) is 1. The van der Waals surface area contributed by atoms with Gasteiger partial charge in [0.15, 0.2) is 0 Å². The summed E-state index contributed by atoms with van der Waals surface area (Å²) in [5.74, 6) is -0.474. The molecule has 2 aromatic carbocycles. The summed E-state index contributed by atoms with van der Waals surface area (Å²) in [6.07, 6.45) is 0.435. The highest BCUT2D eigenvalue weighted by Gasteiger charge is 2.29. The van der Waals surface area contributed by atoms with Crippen molar-refractivity contribution in [2.24, 2.45) is 0 Å². The van der Waals surface area contributed by atoms with Gasteiger partial charge in [0.1, 0.15) is 6.04 Å². The number of benzene rings is 2. The minimum Gasteiger partial charge on any atom is -0.355 e. The maximum atomic E-state index is 13.3. The Hall–Kier alpha value is -1.46. The molecule has 0 radical (unpaired) electrons. The number of rotatable bonds is 8. The van der Waals surface area contributed by atoms with Gasteiger partial charge in [0.2, 0.25) is 11.8 Å². The van der Waals surface area contributed by atoms with Crippen LogP contribution in [0.25, 0.3) is 0 Å². The summed E-state index contributed by atoms with van der Waals surface area (Å²) in [6, 6.07) is 9.58. The van der Waals surface area contributed by atoms with E-state index in [1.807, 2.05) is 13.8 Å². The molecule has 0 fully saturated rings. The molecule has 4 nitrogen and oxygen atoms in total. The lowest BCUT2D eigenvalue weighted by molar-refractivity contribution is -0.140. The van der Waals surface area contributed by atoms with Crippen LogP contribution >= 0.6 is 46.4 Å². The van der Waals surface area contributed by atoms with Gasteiger partial charge in [-0.25, -0.2) is 0 Å². The van der Waals surface area contributed by atoms with Gasteiger partial charge >= 0.3 is 0 Å². The van der Waals surface area contributed by atoms with Crippen LogP contribution in [0.5, 0.6) is 0 Å². The highest BCUT2D eigenvalue weighted by Crippen LogP contribution is 2.27. The molecule has 1 N–H and O–H groups in total. The number of hydrogen-bond donors (Lipinski definition) is 1. The lowest BCUT2D eigenvalue weighted by Gasteiger charge is -2.31. The van der Waals surface area contributed by atoms with Gasteiger partial charge < -0.3 is 10.2 Å². The molecule has 0 aliphatic rings. The Morgan fingerprint density at radius 3 is 2.17 bits per heavy atom. The largest absolute Gasteiger partial charge is 0.355 e. The van der Waals surface area contributed by atoms with Crippen molar-refractivity contribution in [3.8, 4) is 0 Å². The first-order chi connectivity index (χ1) is 13.8. The van der Waals surface area contributed by atoms with E-state index in [0.717, 1.165) is 5.56 Å². The maximum Gasteiger partial charge on any atom is 0.242 e. The van der Waals surface area contributed by atoms with E-state index < -0.39 is 6.04 Å². The molecule has 0 unspecified atom stereocenters. The van der Waals surface area contributed by atoms with Crippen LogP contribution in [-0.2, 0) is 22.6 Å². The van der Waals surface area contributed by atoms with Crippen molar-refractivity contribution in [1.29, 1.82) is 0 Å². The van der Waals surface area contributed by atoms with Gasteiger partial charge in [-0.1, -0.05) is 65.5 Å². The Morgan fingerprint density at radius 2 is 1.62 bits per heavy atom. The molecule has 0 aliphatic carbocycles. The summed E-state index contributed by atoms with van der Waals surface area (Å²) in [5, 5.41) is 4.42. The Morgan fingerprint density at radius 1 is 0.966 bits per heavy atom. The molecule has 0 aromatic heterocycles. The van der Waals surface area contributed by atoms with Gasteiger partial charge in [0, 0.05) is 23.1 Å². The molecule has 1 atom stereocenters. The van der Waals surface area contributed by atoms with Crippen molar-refractivity contribution in [3.05, 3.63) is 67.6 Å². The first kappa shape index (κ1) is 23.8. The van der Waals surface area contributed by atoms with Crippen LogP contribution < -0.4 is 5.32 Å². The number of carbonyl (C=O) groups is 2. The van der Waals surface area contributed by atoms with E-state index in [1.54, 1.807) is 36.4 Å². The van der Waals surface area contributed by atoms with Gasteiger partial charge in [-0.05, 0) is 48.7 Å². The Balaban J connectivity index is 2.37. The van der Waals surface area contributed by atoms with Gasteiger partial charge in [0.05, 0.1) is 16.5 Å². The van der Waals surface area contributed by atoms with Gasteiger partial charge in [-0.15, -0.1) is 0 Å². The summed E-state index contributed by atoms with van der Waals surface area (Å²) in [5.41, 5.74) is 1.30. The summed E-state index contributed by atoms with van der Waals surface area (Å²) in [6.45, 7) is 4.37. The third kappa shape index (κ3) is 6.26. The standard InChI is InChI=1S/C21H22Cl4N2O2/c1-3-19(21(29)26-4-2)27(12-13-8-9-17(24)18(25)10-13)20(28)11-14-15(22)6-5-7-16(14)23/h5-10,19H,3-4,11-12H2,1-2H3,(H,26,29)/t19-/m0/s1. The molecule has 0 bridgehead atoms. The number of carbonyl (C=O) groups excluding carboxylic acids is 2. The fraction of sp³-hybridized carbons (Fsp3) is 0.333.